The van der Waals surface area contributed by atoms with Crippen molar-refractivity contribution in [3.63, 3.8) is 0 Å². The first-order valence-electron chi connectivity index (χ1n) is 4.40. The Kier molecular flexibility index (Phi) is 3.14. The van der Waals surface area contributed by atoms with Crippen LogP contribution in [0.5, 0.6) is 5.75 Å². The highest BCUT2D eigenvalue weighted by Crippen LogP contribution is 2.16. The van der Waals surface area contributed by atoms with Gasteiger partial charge in [0.15, 0.2) is 5.78 Å². The molecular weight excluding hydrogens is 195 g/mol. The van der Waals surface area contributed by atoms with Crippen molar-refractivity contribution in [2.24, 2.45) is 0 Å². The van der Waals surface area contributed by atoms with Gasteiger partial charge in [-0.25, -0.2) is 4.79 Å². The van der Waals surface area contributed by atoms with Gasteiger partial charge in [-0.2, -0.15) is 0 Å². The van der Waals surface area contributed by atoms with E-state index in [1.54, 1.807) is 7.85 Å². The third kappa shape index (κ3) is 2.18. The van der Waals surface area contributed by atoms with Crippen molar-refractivity contribution in [1.29, 1.82) is 0 Å². The van der Waals surface area contributed by atoms with Crippen LogP contribution in [0.3, 0.4) is 0 Å². The van der Waals surface area contributed by atoms with E-state index in [0.29, 0.717) is 5.46 Å². The maximum absolute atomic E-state index is 11.2. The first-order chi connectivity index (χ1) is 6.97. The highest BCUT2D eigenvalue weighted by atomic mass is 16.5. The fourth-order valence-electron chi connectivity index (χ4n) is 1.28. The van der Waals surface area contributed by atoms with E-state index in [4.69, 9.17) is 0 Å². The molecule has 0 bridgehead atoms. The van der Waals surface area contributed by atoms with Gasteiger partial charge in [-0.15, -0.1) is 0 Å². The number of ether oxygens (including phenoxy) is 1. The molecule has 0 fully saturated rings. The number of hydrogen-bond donors (Lipinski definition) is 1. The third-order valence-corrected chi connectivity index (χ3v) is 2.10. The zero-order valence-electron chi connectivity index (χ0n) is 8.83. The number of carbonyl (C=O) groups excluding carboxylic acids is 2. The molecule has 1 aromatic carbocycles. The number of benzene rings is 1. The van der Waals surface area contributed by atoms with Crippen LogP contribution in [0, 0.1) is 0 Å². The van der Waals surface area contributed by atoms with Gasteiger partial charge in [0.25, 0.3) is 0 Å². The van der Waals surface area contributed by atoms with Crippen molar-refractivity contribution in [3.8, 4) is 5.75 Å². The van der Waals surface area contributed by atoms with Crippen LogP contribution >= 0.6 is 0 Å². The highest BCUT2D eigenvalue weighted by Gasteiger charge is 2.14. The van der Waals surface area contributed by atoms with Crippen LogP contribution in [-0.4, -0.2) is 31.8 Å². The number of rotatable bonds is 2. The SMILES string of the molecule is Bc1cc(C(=O)OC)cc(C(C)=O)c1O. The van der Waals surface area contributed by atoms with Gasteiger partial charge in [0.1, 0.15) is 13.6 Å². The lowest BCUT2D eigenvalue weighted by Gasteiger charge is -2.07. The second-order valence-corrected chi connectivity index (χ2v) is 3.24. The number of Topliss-reactive ketones (excluding diaryl/α,β-unsaturated/α-hetero) is 1. The number of ketones is 1. The molecule has 0 aliphatic heterocycles. The Labute approximate surface area is 88.3 Å². The molecular formula is C10H11BO4. The standard InChI is InChI=1S/C10H11BO4/c1-5(12)7-3-6(10(14)15-2)4-8(11)9(7)13/h3-4,13H,11H2,1-2H3. The van der Waals surface area contributed by atoms with Crippen LogP contribution in [0.2, 0.25) is 0 Å². The normalized spacial score (nSPS) is 9.73. The van der Waals surface area contributed by atoms with Crippen molar-refractivity contribution in [2.75, 3.05) is 7.11 Å². The van der Waals surface area contributed by atoms with Crippen LogP contribution in [0.25, 0.3) is 0 Å². The van der Waals surface area contributed by atoms with Crippen LogP contribution in [-0.2, 0) is 4.74 Å². The second kappa shape index (κ2) is 4.17. The van der Waals surface area contributed by atoms with Gasteiger partial charge in [-0.05, 0) is 18.5 Å². The number of phenolic OH excluding ortho intramolecular Hbond substituents is 1. The van der Waals surface area contributed by atoms with E-state index in [0.717, 1.165) is 0 Å². The van der Waals surface area contributed by atoms with Gasteiger partial charge in [-0.1, -0.05) is 6.07 Å². The number of aromatic hydroxyl groups is 1. The quantitative estimate of drug-likeness (QED) is 0.407. The fraction of sp³-hybridized carbons (Fsp3) is 0.200. The van der Waals surface area contributed by atoms with Gasteiger partial charge < -0.3 is 9.84 Å². The lowest BCUT2D eigenvalue weighted by Crippen LogP contribution is -2.13. The van der Waals surface area contributed by atoms with Crippen molar-refractivity contribution in [2.45, 2.75) is 6.92 Å². The molecule has 0 saturated carbocycles. The van der Waals surface area contributed by atoms with E-state index < -0.39 is 5.97 Å². The molecule has 0 heterocycles. The zero-order chi connectivity index (χ0) is 11.6. The molecule has 1 aromatic rings. The monoisotopic (exact) mass is 206 g/mol. The lowest BCUT2D eigenvalue weighted by molar-refractivity contribution is 0.0601. The van der Waals surface area contributed by atoms with Gasteiger partial charge in [0.05, 0.1) is 18.2 Å². The Morgan fingerprint density at radius 1 is 1.40 bits per heavy atom. The first kappa shape index (κ1) is 11.3. The summed E-state index contributed by atoms with van der Waals surface area (Å²) in [7, 11) is 2.88. The van der Waals surface area contributed by atoms with Crippen molar-refractivity contribution < 1.29 is 19.4 Å². The predicted octanol–water partition coefficient (Wildman–Crippen LogP) is -0.360. The summed E-state index contributed by atoms with van der Waals surface area (Å²) in [5.74, 6) is -0.905. The first-order valence-corrected chi connectivity index (χ1v) is 4.40. The zero-order valence-corrected chi connectivity index (χ0v) is 8.83. The second-order valence-electron chi connectivity index (χ2n) is 3.24. The van der Waals surface area contributed by atoms with Crippen LogP contribution in [0.4, 0.5) is 0 Å². The number of methoxy groups -OCH3 is 1. The number of hydrogen-bond acceptors (Lipinski definition) is 4. The van der Waals surface area contributed by atoms with Gasteiger partial charge in [0.2, 0.25) is 0 Å². The third-order valence-electron chi connectivity index (χ3n) is 2.10. The van der Waals surface area contributed by atoms with Gasteiger partial charge in [0, 0.05) is 0 Å². The minimum atomic E-state index is -0.527. The van der Waals surface area contributed by atoms with E-state index in [2.05, 4.69) is 4.74 Å². The molecule has 4 nitrogen and oxygen atoms in total. The molecule has 0 amide bonds. The van der Waals surface area contributed by atoms with Gasteiger partial charge >= 0.3 is 5.97 Å². The topological polar surface area (TPSA) is 63.6 Å². The fourth-order valence-corrected chi connectivity index (χ4v) is 1.28. The highest BCUT2D eigenvalue weighted by molar-refractivity contribution is 6.35. The molecule has 5 heteroatoms. The molecule has 0 unspecified atom stereocenters. The molecule has 0 atom stereocenters. The molecule has 0 aliphatic rings. The minimum Gasteiger partial charge on any atom is -0.508 e. The maximum atomic E-state index is 11.2. The van der Waals surface area contributed by atoms with Gasteiger partial charge in [-0.3, -0.25) is 4.79 Å². The van der Waals surface area contributed by atoms with E-state index in [-0.39, 0.29) is 22.7 Å². The Morgan fingerprint density at radius 2 is 2.00 bits per heavy atom. The van der Waals surface area contributed by atoms with E-state index >= 15 is 0 Å². The van der Waals surface area contributed by atoms with Crippen LogP contribution in [0.1, 0.15) is 27.6 Å². The molecule has 15 heavy (non-hydrogen) atoms. The summed E-state index contributed by atoms with van der Waals surface area (Å²) < 4.78 is 4.53. The Morgan fingerprint density at radius 3 is 2.47 bits per heavy atom. The van der Waals surface area contributed by atoms with Crippen LogP contribution < -0.4 is 5.46 Å². The summed E-state index contributed by atoms with van der Waals surface area (Å²) in [6.45, 7) is 1.33. The van der Waals surface area contributed by atoms with Crippen molar-refractivity contribution >= 4 is 25.1 Å². The Bertz CT molecular complexity index is 426. The Balaban J connectivity index is 3.35. The summed E-state index contributed by atoms with van der Waals surface area (Å²) in [5, 5.41) is 9.57. The minimum absolute atomic E-state index is 0.0878. The smallest absolute Gasteiger partial charge is 0.337 e. The largest absolute Gasteiger partial charge is 0.508 e. The molecule has 0 radical (unpaired) electrons. The summed E-state index contributed by atoms with van der Waals surface area (Å²) in [4.78, 5) is 22.4. The lowest BCUT2D eigenvalue weighted by atomic mass is 9.89. The summed E-state index contributed by atoms with van der Waals surface area (Å²) >= 11 is 0. The summed E-state index contributed by atoms with van der Waals surface area (Å²) in [5.41, 5.74) is 0.872. The molecule has 1 N–H and O–H groups in total. The summed E-state index contributed by atoms with van der Waals surface area (Å²) in [6.07, 6.45) is 0. The molecule has 0 spiro atoms. The van der Waals surface area contributed by atoms with Crippen LogP contribution in [0.15, 0.2) is 12.1 Å². The maximum Gasteiger partial charge on any atom is 0.337 e. The summed E-state index contributed by atoms with van der Waals surface area (Å²) in [6, 6.07) is 2.81. The number of carbonyl (C=O) groups is 2. The molecule has 0 saturated heterocycles. The van der Waals surface area contributed by atoms with Crippen molar-refractivity contribution in [1.82, 2.24) is 0 Å². The van der Waals surface area contributed by atoms with E-state index in [1.165, 1.54) is 26.2 Å². The van der Waals surface area contributed by atoms with E-state index in [1.807, 2.05) is 0 Å². The predicted molar refractivity (Wildman–Crippen MR) is 57.6 cm³/mol. The molecule has 78 valence electrons. The average molecular weight is 206 g/mol. The van der Waals surface area contributed by atoms with Crippen molar-refractivity contribution in [3.05, 3.63) is 23.3 Å². The number of phenols is 1. The van der Waals surface area contributed by atoms with E-state index in [9.17, 15) is 14.7 Å². The average Bonchev–Trinajstić information content (AvgIpc) is 2.20. The Hall–Kier alpha value is -1.78. The number of esters is 1. The molecule has 0 aromatic heterocycles. The molecule has 1 rings (SSSR count). The molecule has 0 aliphatic carbocycles.